The number of carbonyl (C=O) groups excluding carboxylic acids is 1. The molecule has 80 valence electrons. The minimum atomic E-state index is 0.149. The van der Waals surface area contributed by atoms with Crippen molar-refractivity contribution in [1.29, 1.82) is 0 Å². The molecule has 1 saturated heterocycles. The molecule has 1 aliphatic heterocycles. The van der Waals surface area contributed by atoms with Gasteiger partial charge in [-0.15, -0.1) is 0 Å². The number of nitrogens with zero attached hydrogens (tertiary/aromatic N) is 2. The SMILES string of the molecule is NNC(N)=NCCC(=O)N1CCCC1. The van der Waals surface area contributed by atoms with E-state index in [9.17, 15) is 4.79 Å². The van der Waals surface area contributed by atoms with Crippen molar-refractivity contribution < 1.29 is 4.79 Å². The van der Waals surface area contributed by atoms with Gasteiger partial charge < -0.3 is 10.6 Å². The maximum atomic E-state index is 11.5. The van der Waals surface area contributed by atoms with Crippen LogP contribution in [0.15, 0.2) is 4.99 Å². The van der Waals surface area contributed by atoms with Gasteiger partial charge in [0.15, 0.2) is 0 Å². The largest absolute Gasteiger partial charge is 0.369 e. The molecule has 0 aromatic heterocycles. The van der Waals surface area contributed by atoms with Crippen molar-refractivity contribution in [1.82, 2.24) is 10.3 Å². The predicted molar refractivity (Wildman–Crippen MR) is 54.2 cm³/mol. The monoisotopic (exact) mass is 199 g/mol. The molecule has 1 rings (SSSR count). The molecule has 0 aromatic rings. The Morgan fingerprint density at radius 1 is 1.43 bits per heavy atom. The van der Waals surface area contributed by atoms with Crippen molar-refractivity contribution in [2.24, 2.45) is 16.6 Å². The van der Waals surface area contributed by atoms with Crippen molar-refractivity contribution in [2.45, 2.75) is 19.3 Å². The van der Waals surface area contributed by atoms with Crippen molar-refractivity contribution in [3.63, 3.8) is 0 Å². The number of hydrazine groups is 1. The molecule has 1 heterocycles. The van der Waals surface area contributed by atoms with E-state index in [4.69, 9.17) is 11.6 Å². The lowest BCUT2D eigenvalue weighted by Crippen LogP contribution is -2.37. The first-order valence-corrected chi connectivity index (χ1v) is 4.78. The Kier molecular flexibility index (Phi) is 4.18. The number of aliphatic imine (C=N–C) groups is 1. The number of nitrogens with two attached hydrogens (primary N) is 2. The second kappa shape index (κ2) is 5.43. The summed E-state index contributed by atoms with van der Waals surface area (Å²) in [5, 5.41) is 0. The molecular weight excluding hydrogens is 182 g/mol. The Morgan fingerprint density at radius 3 is 2.64 bits per heavy atom. The van der Waals surface area contributed by atoms with Gasteiger partial charge in [-0.3, -0.25) is 15.2 Å². The van der Waals surface area contributed by atoms with Gasteiger partial charge in [-0.2, -0.15) is 0 Å². The molecule has 0 atom stereocenters. The van der Waals surface area contributed by atoms with E-state index in [1.807, 2.05) is 4.90 Å². The molecular formula is C8H17N5O. The molecule has 14 heavy (non-hydrogen) atoms. The lowest BCUT2D eigenvalue weighted by atomic mass is 10.4. The van der Waals surface area contributed by atoms with Crippen LogP contribution in [-0.4, -0.2) is 36.4 Å². The summed E-state index contributed by atoms with van der Waals surface area (Å²) in [5.74, 6) is 5.33. The fourth-order valence-corrected chi connectivity index (χ4v) is 1.44. The highest BCUT2D eigenvalue weighted by Crippen LogP contribution is 2.08. The molecule has 0 aliphatic carbocycles. The van der Waals surface area contributed by atoms with Crippen LogP contribution in [-0.2, 0) is 4.79 Å². The van der Waals surface area contributed by atoms with E-state index < -0.39 is 0 Å². The number of hydrogen-bond acceptors (Lipinski definition) is 3. The highest BCUT2D eigenvalue weighted by molar-refractivity contribution is 5.79. The normalized spacial score (nSPS) is 17.2. The standard InChI is InChI=1S/C8H17N5O/c9-8(12-10)11-4-3-7(14)13-5-1-2-6-13/h1-6,10H2,(H3,9,11,12). The summed E-state index contributed by atoms with van der Waals surface area (Å²) in [5.41, 5.74) is 7.51. The molecule has 0 spiro atoms. The van der Waals surface area contributed by atoms with Crippen LogP contribution >= 0.6 is 0 Å². The molecule has 0 aromatic carbocycles. The summed E-state index contributed by atoms with van der Waals surface area (Å²) in [6.07, 6.45) is 2.63. The van der Waals surface area contributed by atoms with Gasteiger partial charge in [0, 0.05) is 19.5 Å². The zero-order chi connectivity index (χ0) is 10.4. The first-order chi connectivity index (χ1) is 6.74. The fraction of sp³-hybridized carbons (Fsp3) is 0.750. The minimum absolute atomic E-state index is 0.149. The van der Waals surface area contributed by atoms with Gasteiger partial charge in [0.05, 0.1) is 6.54 Å². The van der Waals surface area contributed by atoms with E-state index in [0.29, 0.717) is 13.0 Å². The van der Waals surface area contributed by atoms with Gasteiger partial charge in [0.25, 0.3) is 0 Å². The van der Waals surface area contributed by atoms with Crippen molar-refractivity contribution in [2.75, 3.05) is 19.6 Å². The summed E-state index contributed by atoms with van der Waals surface area (Å²) >= 11 is 0. The van der Waals surface area contributed by atoms with Crippen LogP contribution in [0.25, 0.3) is 0 Å². The van der Waals surface area contributed by atoms with Crippen LogP contribution in [0.3, 0.4) is 0 Å². The number of carbonyl (C=O) groups is 1. The van der Waals surface area contributed by atoms with Gasteiger partial charge in [-0.1, -0.05) is 0 Å². The molecule has 0 saturated carbocycles. The molecule has 5 N–H and O–H groups in total. The number of nitrogens with one attached hydrogen (secondary N) is 1. The van der Waals surface area contributed by atoms with E-state index in [1.54, 1.807) is 0 Å². The molecule has 1 aliphatic rings. The van der Waals surface area contributed by atoms with Gasteiger partial charge in [-0.25, -0.2) is 5.84 Å². The average Bonchev–Trinajstić information content (AvgIpc) is 2.70. The van der Waals surface area contributed by atoms with Crippen LogP contribution < -0.4 is 17.0 Å². The van der Waals surface area contributed by atoms with E-state index in [1.165, 1.54) is 0 Å². The zero-order valence-electron chi connectivity index (χ0n) is 8.20. The van der Waals surface area contributed by atoms with E-state index >= 15 is 0 Å². The Bertz CT molecular complexity index is 222. The van der Waals surface area contributed by atoms with Gasteiger partial charge in [0.1, 0.15) is 0 Å². The van der Waals surface area contributed by atoms with Crippen molar-refractivity contribution in [3.8, 4) is 0 Å². The van der Waals surface area contributed by atoms with Gasteiger partial charge in [0.2, 0.25) is 11.9 Å². The Morgan fingerprint density at radius 2 is 2.07 bits per heavy atom. The molecule has 0 bridgehead atoms. The maximum Gasteiger partial charge on any atom is 0.224 e. The Labute approximate surface area is 83.3 Å². The molecule has 1 fully saturated rings. The first-order valence-electron chi connectivity index (χ1n) is 4.78. The molecule has 0 radical (unpaired) electrons. The second-order valence-corrected chi connectivity index (χ2v) is 3.25. The summed E-state index contributed by atoms with van der Waals surface area (Å²) < 4.78 is 0. The Hall–Kier alpha value is -1.30. The third-order valence-electron chi connectivity index (χ3n) is 2.21. The molecule has 6 nitrogen and oxygen atoms in total. The zero-order valence-corrected chi connectivity index (χ0v) is 8.20. The number of guanidine groups is 1. The summed E-state index contributed by atoms with van der Waals surface area (Å²) in [4.78, 5) is 17.2. The van der Waals surface area contributed by atoms with Crippen LogP contribution in [0.1, 0.15) is 19.3 Å². The number of likely N-dealkylation sites (tertiary alicyclic amines) is 1. The maximum absolute atomic E-state index is 11.5. The van der Waals surface area contributed by atoms with Crippen molar-refractivity contribution in [3.05, 3.63) is 0 Å². The third kappa shape index (κ3) is 3.21. The van der Waals surface area contributed by atoms with E-state index in [2.05, 4.69) is 10.4 Å². The van der Waals surface area contributed by atoms with Crippen molar-refractivity contribution >= 4 is 11.9 Å². The van der Waals surface area contributed by atoms with Crippen LogP contribution in [0, 0.1) is 0 Å². The topological polar surface area (TPSA) is 96.7 Å². The average molecular weight is 199 g/mol. The smallest absolute Gasteiger partial charge is 0.224 e. The van der Waals surface area contributed by atoms with E-state index in [-0.39, 0.29) is 11.9 Å². The highest BCUT2D eigenvalue weighted by Gasteiger charge is 2.16. The first kappa shape index (κ1) is 10.8. The number of amides is 1. The second-order valence-electron chi connectivity index (χ2n) is 3.25. The summed E-state index contributed by atoms with van der Waals surface area (Å²) in [6.45, 7) is 2.16. The molecule has 1 amide bonds. The summed E-state index contributed by atoms with van der Waals surface area (Å²) in [7, 11) is 0. The molecule has 0 unspecified atom stereocenters. The van der Waals surface area contributed by atoms with Crippen LogP contribution in [0.5, 0.6) is 0 Å². The lowest BCUT2D eigenvalue weighted by molar-refractivity contribution is -0.129. The Balaban J connectivity index is 2.20. The lowest BCUT2D eigenvalue weighted by Gasteiger charge is -2.13. The quantitative estimate of drug-likeness (QED) is 0.230. The predicted octanol–water partition coefficient (Wildman–Crippen LogP) is -1.22. The highest BCUT2D eigenvalue weighted by atomic mass is 16.2. The molecule has 6 heteroatoms. The van der Waals surface area contributed by atoms with E-state index in [0.717, 1.165) is 25.9 Å². The van der Waals surface area contributed by atoms with Crippen LogP contribution in [0.2, 0.25) is 0 Å². The minimum Gasteiger partial charge on any atom is -0.369 e. The fourth-order valence-electron chi connectivity index (χ4n) is 1.44. The number of hydrogen-bond donors (Lipinski definition) is 3. The van der Waals surface area contributed by atoms with Crippen LogP contribution in [0.4, 0.5) is 0 Å². The van der Waals surface area contributed by atoms with Gasteiger partial charge in [-0.05, 0) is 12.8 Å². The van der Waals surface area contributed by atoms with Gasteiger partial charge >= 0.3 is 0 Å². The third-order valence-corrected chi connectivity index (χ3v) is 2.21. The summed E-state index contributed by atoms with van der Waals surface area (Å²) in [6, 6.07) is 0. The number of rotatable bonds is 3.